The van der Waals surface area contributed by atoms with Crippen molar-refractivity contribution in [2.24, 2.45) is 0 Å². The second-order valence-electron chi connectivity index (χ2n) is 13.3. The van der Waals surface area contributed by atoms with E-state index in [1.54, 1.807) is 0 Å². The number of para-hydroxylation sites is 2. The van der Waals surface area contributed by atoms with Gasteiger partial charge in [-0.15, -0.1) is 0 Å². The highest BCUT2D eigenvalue weighted by molar-refractivity contribution is 6.24. The molecule has 0 aliphatic carbocycles. The van der Waals surface area contributed by atoms with Crippen LogP contribution >= 0.6 is 0 Å². The van der Waals surface area contributed by atoms with Gasteiger partial charge in [0.2, 0.25) is 0 Å². The summed E-state index contributed by atoms with van der Waals surface area (Å²) in [5, 5.41) is 7.06. The summed E-state index contributed by atoms with van der Waals surface area (Å²) < 4.78 is 6.84. The van der Waals surface area contributed by atoms with Crippen molar-refractivity contribution in [1.82, 2.24) is 0 Å². The maximum atomic E-state index is 6.84. The summed E-state index contributed by atoms with van der Waals surface area (Å²) in [6, 6.07) is 71.4. The van der Waals surface area contributed by atoms with Crippen molar-refractivity contribution in [2.45, 2.75) is 0 Å². The fourth-order valence-electron chi connectivity index (χ4n) is 7.67. The highest BCUT2D eigenvalue weighted by Gasteiger charge is 2.17. The second kappa shape index (κ2) is 12.5. The standard InChI is InChI=1S/C50H33NO/c1-3-10-34(11-4-1)35-18-20-36(21-19-35)37-24-29-42(30-25-37)51(41-13-5-2-6-14-41)43-31-26-39(27-32-43)45-16-9-17-46-47-33-28-40-23-22-38-12-7-8-15-44(38)48(40)50(47)52-49(45)46/h1-33H. The van der Waals surface area contributed by atoms with Crippen LogP contribution in [0.15, 0.2) is 205 Å². The predicted octanol–water partition coefficient (Wildman–Crippen LogP) is 14.4. The summed E-state index contributed by atoms with van der Waals surface area (Å²) in [6.07, 6.45) is 0. The first-order valence-electron chi connectivity index (χ1n) is 17.8. The lowest BCUT2D eigenvalue weighted by molar-refractivity contribution is 0.674. The molecule has 0 unspecified atom stereocenters. The molecule has 0 aliphatic heterocycles. The fourth-order valence-corrected chi connectivity index (χ4v) is 7.67. The molecule has 0 spiro atoms. The number of anilines is 3. The zero-order chi connectivity index (χ0) is 34.4. The van der Waals surface area contributed by atoms with Crippen LogP contribution in [-0.4, -0.2) is 0 Å². The number of furan rings is 1. The van der Waals surface area contributed by atoms with Crippen molar-refractivity contribution in [1.29, 1.82) is 0 Å². The van der Waals surface area contributed by atoms with Crippen molar-refractivity contribution < 1.29 is 4.42 Å². The first-order valence-corrected chi connectivity index (χ1v) is 17.8. The second-order valence-corrected chi connectivity index (χ2v) is 13.3. The van der Waals surface area contributed by atoms with E-state index in [0.29, 0.717) is 0 Å². The number of rotatable bonds is 6. The smallest absolute Gasteiger partial charge is 0.143 e. The molecule has 0 saturated carbocycles. The zero-order valence-corrected chi connectivity index (χ0v) is 28.4. The van der Waals surface area contributed by atoms with Gasteiger partial charge in [-0.05, 0) is 86.4 Å². The van der Waals surface area contributed by atoms with Gasteiger partial charge < -0.3 is 9.32 Å². The molecule has 52 heavy (non-hydrogen) atoms. The summed E-state index contributed by atoms with van der Waals surface area (Å²) in [6.45, 7) is 0. The molecule has 244 valence electrons. The van der Waals surface area contributed by atoms with E-state index >= 15 is 0 Å². The minimum absolute atomic E-state index is 0.915. The number of benzene rings is 9. The Morgan fingerprint density at radius 1 is 0.288 bits per heavy atom. The van der Waals surface area contributed by atoms with Gasteiger partial charge in [-0.2, -0.15) is 0 Å². The van der Waals surface area contributed by atoms with E-state index in [2.05, 4.69) is 205 Å². The Kier molecular flexibility index (Phi) is 7.18. The number of nitrogens with zero attached hydrogens (tertiary/aromatic N) is 1. The third-order valence-corrected chi connectivity index (χ3v) is 10.3. The molecule has 2 heteroatoms. The topological polar surface area (TPSA) is 16.4 Å². The molecule has 9 aromatic carbocycles. The van der Waals surface area contributed by atoms with Crippen molar-refractivity contribution in [3.8, 4) is 33.4 Å². The number of hydrogen-bond donors (Lipinski definition) is 0. The molecule has 0 N–H and O–H groups in total. The number of fused-ring (bicyclic) bond motifs is 7. The molecule has 0 radical (unpaired) electrons. The molecular weight excluding hydrogens is 631 g/mol. The van der Waals surface area contributed by atoms with Crippen LogP contribution in [0.5, 0.6) is 0 Å². The first-order chi connectivity index (χ1) is 25.8. The third kappa shape index (κ3) is 5.12. The van der Waals surface area contributed by atoms with E-state index in [1.807, 2.05) is 0 Å². The fraction of sp³-hybridized carbons (Fsp3) is 0. The Morgan fingerprint density at radius 2 is 0.769 bits per heavy atom. The van der Waals surface area contributed by atoms with E-state index in [1.165, 1.54) is 43.8 Å². The molecule has 10 rings (SSSR count). The number of hydrogen-bond acceptors (Lipinski definition) is 2. The average Bonchev–Trinajstić information content (AvgIpc) is 3.61. The van der Waals surface area contributed by atoms with Crippen LogP contribution in [0, 0.1) is 0 Å². The van der Waals surface area contributed by atoms with Crippen LogP contribution in [0.2, 0.25) is 0 Å². The lowest BCUT2D eigenvalue weighted by atomic mass is 9.98. The van der Waals surface area contributed by atoms with Gasteiger partial charge in [0.15, 0.2) is 0 Å². The Labute approximate surface area is 302 Å². The van der Waals surface area contributed by atoms with Gasteiger partial charge in [0, 0.05) is 38.8 Å². The summed E-state index contributed by atoms with van der Waals surface area (Å²) >= 11 is 0. The third-order valence-electron chi connectivity index (χ3n) is 10.3. The van der Waals surface area contributed by atoms with E-state index in [4.69, 9.17) is 4.42 Å². The van der Waals surface area contributed by atoms with Gasteiger partial charge in [-0.1, -0.05) is 158 Å². The summed E-state index contributed by atoms with van der Waals surface area (Å²) in [5.74, 6) is 0. The van der Waals surface area contributed by atoms with E-state index in [0.717, 1.165) is 50.1 Å². The highest BCUT2D eigenvalue weighted by Crippen LogP contribution is 2.42. The van der Waals surface area contributed by atoms with Gasteiger partial charge in [0.05, 0.1) is 0 Å². The van der Waals surface area contributed by atoms with E-state index in [9.17, 15) is 0 Å². The van der Waals surface area contributed by atoms with Crippen molar-refractivity contribution in [3.63, 3.8) is 0 Å². The minimum atomic E-state index is 0.915. The minimum Gasteiger partial charge on any atom is -0.455 e. The molecule has 0 amide bonds. The molecule has 10 aromatic rings. The van der Waals surface area contributed by atoms with Gasteiger partial charge in [0.25, 0.3) is 0 Å². The molecule has 0 aliphatic rings. The van der Waals surface area contributed by atoms with E-state index in [-0.39, 0.29) is 0 Å². The zero-order valence-electron chi connectivity index (χ0n) is 28.4. The molecule has 0 bridgehead atoms. The lowest BCUT2D eigenvalue weighted by Gasteiger charge is -2.26. The van der Waals surface area contributed by atoms with Crippen molar-refractivity contribution >= 4 is 60.5 Å². The van der Waals surface area contributed by atoms with Crippen molar-refractivity contribution in [3.05, 3.63) is 200 Å². The maximum absolute atomic E-state index is 6.84. The first kappa shape index (κ1) is 30.0. The maximum Gasteiger partial charge on any atom is 0.143 e. The van der Waals surface area contributed by atoms with Gasteiger partial charge in [0.1, 0.15) is 11.2 Å². The van der Waals surface area contributed by atoms with Crippen molar-refractivity contribution in [2.75, 3.05) is 4.90 Å². The van der Waals surface area contributed by atoms with Crippen LogP contribution in [0.4, 0.5) is 17.1 Å². The van der Waals surface area contributed by atoms with E-state index < -0.39 is 0 Å². The normalized spacial score (nSPS) is 11.5. The predicted molar refractivity (Wildman–Crippen MR) is 220 cm³/mol. The van der Waals surface area contributed by atoms with Gasteiger partial charge in [-0.3, -0.25) is 0 Å². The Morgan fingerprint density at radius 3 is 1.46 bits per heavy atom. The van der Waals surface area contributed by atoms with Crippen LogP contribution in [0.3, 0.4) is 0 Å². The largest absolute Gasteiger partial charge is 0.455 e. The average molecular weight is 664 g/mol. The van der Waals surface area contributed by atoms with Gasteiger partial charge in [-0.25, -0.2) is 0 Å². The lowest BCUT2D eigenvalue weighted by Crippen LogP contribution is -2.09. The Hall–Kier alpha value is -6.90. The monoisotopic (exact) mass is 663 g/mol. The summed E-state index contributed by atoms with van der Waals surface area (Å²) in [4.78, 5) is 2.31. The summed E-state index contributed by atoms with van der Waals surface area (Å²) in [5.41, 5.74) is 12.2. The molecule has 0 saturated heterocycles. The van der Waals surface area contributed by atoms with Gasteiger partial charge >= 0.3 is 0 Å². The van der Waals surface area contributed by atoms with Crippen LogP contribution in [0.1, 0.15) is 0 Å². The molecule has 1 aromatic heterocycles. The Balaban J connectivity index is 1.01. The quantitative estimate of drug-likeness (QED) is 0.165. The van der Waals surface area contributed by atoms with Crippen LogP contribution in [0.25, 0.3) is 76.9 Å². The van der Waals surface area contributed by atoms with Crippen LogP contribution < -0.4 is 4.90 Å². The molecule has 1 heterocycles. The highest BCUT2D eigenvalue weighted by atomic mass is 16.3. The molecular formula is C50H33NO. The molecule has 2 nitrogen and oxygen atoms in total. The molecule has 0 atom stereocenters. The SMILES string of the molecule is c1ccc(-c2ccc(-c3ccc(N(c4ccccc4)c4ccc(-c5cccc6c5oc5c6ccc6ccc7ccccc7c65)cc4)cc3)cc2)cc1. The summed E-state index contributed by atoms with van der Waals surface area (Å²) in [7, 11) is 0. The molecule has 0 fully saturated rings. The Bertz CT molecular complexity index is 2850. The van der Waals surface area contributed by atoms with Crippen LogP contribution in [-0.2, 0) is 0 Å².